The molecule has 1 aliphatic carbocycles. The molecule has 1 aromatic rings. The van der Waals surface area contributed by atoms with Gasteiger partial charge in [-0.1, -0.05) is 37.3 Å². The third-order valence-electron chi connectivity index (χ3n) is 3.85. The van der Waals surface area contributed by atoms with E-state index in [0.29, 0.717) is 6.42 Å². The van der Waals surface area contributed by atoms with Crippen molar-refractivity contribution in [2.45, 2.75) is 36.9 Å². The van der Waals surface area contributed by atoms with Crippen LogP contribution in [-0.4, -0.2) is 28.8 Å². The molecule has 9 heteroatoms. The second-order valence-electron chi connectivity index (χ2n) is 5.04. The Bertz CT molecular complexity index is 567. The van der Waals surface area contributed by atoms with Crippen LogP contribution < -0.4 is 40.4 Å². The Morgan fingerprint density at radius 2 is 1.74 bits per heavy atom. The van der Waals surface area contributed by atoms with Crippen molar-refractivity contribution in [2.24, 2.45) is 5.73 Å². The van der Waals surface area contributed by atoms with E-state index in [1.165, 1.54) is 0 Å². The van der Waals surface area contributed by atoms with Gasteiger partial charge in [0, 0.05) is 5.41 Å². The van der Waals surface area contributed by atoms with Gasteiger partial charge in [-0.3, -0.25) is 4.79 Å². The SMILES string of the molecule is CC[C@]1(c2ccccc2)C[C@@]1(N)C(=O)O.O=C([O-])C(F)(F)F.[Na+]. The average molecular weight is 341 g/mol. The summed E-state index contributed by atoms with van der Waals surface area (Å²) in [5.74, 6) is -3.90. The van der Waals surface area contributed by atoms with E-state index in [9.17, 15) is 18.0 Å². The monoisotopic (exact) mass is 341 g/mol. The van der Waals surface area contributed by atoms with Crippen molar-refractivity contribution in [1.82, 2.24) is 0 Å². The maximum atomic E-state index is 11.1. The Morgan fingerprint density at radius 1 is 1.30 bits per heavy atom. The van der Waals surface area contributed by atoms with E-state index >= 15 is 0 Å². The molecule has 2 atom stereocenters. The van der Waals surface area contributed by atoms with Crippen LogP contribution in [0.5, 0.6) is 0 Å². The van der Waals surface area contributed by atoms with Gasteiger partial charge >= 0.3 is 41.7 Å². The van der Waals surface area contributed by atoms with Crippen molar-refractivity contribution >= 4 is 11.9 Å². The third-order valence-corrected chi connectivity index (χ3v) is 3.85. The molecular weight excluding hydrogens is 326 g/mol. The van der Waals surface area contributed by atoms with Crippen LogP contribution in [-0.2, 0) is 15.0 Å². The first kappa shape index (κ1) is 21.9. The molecule has 1 aromatic carbocycles. The molecule has 1 aliphatic rings. The van der Waals surface area contributed by atoms with Gasteiger partial charge in [-0.2, -0.15) is 13.2 Å². The van der Waals surface area contributed by atoms with Gasteiger partial charge in [0.2, 0.25) is 0 Å². The number of rotatable bonds is 3. The van der Waals surface area contributed by atoms with Crippen LogP contribution >= 0.6 is 0 Å². The second-order valence-corrected chi connectivity index (χ2v) is 5.04. The fraction of sp³-hybridized carbons (Fsp3) is 0.429. The van der Waals surface area contributed by atoms with Gasteiger partial charge in [-0.15, -0.1) is 0 Å². The summed E-state index contributed by atoms with van der Waals surface area (Å²) in [7, 11) is 0. The number of carbonyl (C=O) groups excluding carboxylic acids is 1. The first-order chi connectivity index (χ1) is 10.0. The van der Waals surface area contributed by atoms with Crippen molar-refractivity contribution in [3.8, 4) is 0 Å². The van der Waals surface area contributed by atoms with Crippen LogP contribution in [0.2, 0.25) is 0 Å². The zero-order chi connectivity index (χ0) is 17.2. The quantitative estimate of drug-likeness (QED) is 0.609. The minimum atomic E-state index is -5.19. The first-order valence-corrected chi connectivity index (χ1v) is 6.37. The normalized spacial score (nSPS) is 25.4. The molecule has 23 heavy (non-hydrogen) atoms. The van der Waals surface area contributed by atoms with E-state index in [2.05, 4.69) is 0 Å². The third kappa shape index (κ3) is 4.47. The van der Waals surface area contributed by atoms with E-state index in [1.807, 2.05) is 37.3 Å². The zero-order valence-electron chi connectivity index (χ0n) is 12.7. The van der Waals surface area contributed by atoms with Gasteiger partial charge in [0.1, 0.15) is 11.5 Å². The summed E-state index contributed by atoms with van der Waals surface area (Å²) < 4.78 is 31.5. The Balaban J connectivity index is 0.000000522. The van der Waals surface area contributed by atoms with Crippen molar-refractivity contribution in [1.29, 1.82) is 0 Å². The predicted molar refractivity (Wildman–Crippen MR) is 68.6 cm³/mol. The molecule has 0 amide bonds. The molecule has 122 valence electrons. The number of carboxylic acids is 2. The minimum Gasteiger partial charge on any atom is -0.542 e. The van der Waals surface area contributed by atoms with Crippen LogP contribution in [0.1, 0.15) is 25.3 Å². The summed E-state index contributed by atoms with van der Waals surface area (Å²) in [6.07, 6.45) is -3.89. The molecule has 1 fully saturated rings. The fourth-order valence-electron chi connectivity index (χ4n) is 2.47. The van der Waals surface area contributed by atoms with Gasteiger partial charge in [-0.05, 0) is 18.4 Å². The van der Waals surface area contributed by atoms with Crippen LogP contribution in [0.15, 0.2) is 30.3 Å². The maximum Gasteiger partial charge on any atom is 1.00 e. The molecule has 0 heterocycles. The molecule has 0 bridgehead atoms. The Hall–Kier alpha value is -1.09. The number of nitrogens with two attached hydrogens (primary N) is 1. The van der Waals surface area contributed by atoms with Crippen LogP contribution in [0.4, 0.5) is 13.2 Å². The standard InChI is InChI=1S/C12H15NO2.C2HF3O2.Na/c1-2-11(8-12(11,13)10(14)15)9-6-4-3-5-7-9;3-2(4,5)1(6)7;/h3-7H,2,8,13H2,1H3,(H,14,15);(H,6,7);/q;;+1/p-1/t11-,12-;;/m1../s1. The van der Waals surface area contributed by atoms with E-state index in [0.717, 1.165) is 12.0 Å². The van der Waals surface area contributed by atoms with Gasteiger partial charge in [0.05, 0.1) is 0 Å². The second kappa shape index (κ2) is 7.65. The molecule has 3 N–H and O–H groups in total. The molecule has 0 aromatic heterocycles. The Morgan fingerprint density at radius 3 is 2.00 bits per heavy atom. The van der Waals surface area contributed by atoms with E-state index in [-0.39, 0.29) is 35.0 Å². The molecule has 2 rings (SSSR count). The van der Waals surface area contributed by atoms with Gasteiger partial charge < -0.3 is 20.7 Å². The molecule has 0 aliphatic heterocycles. The Labute approximate surface area is 153 Å². The Kier molecular flexibility index (Phi) is 7.29. The fourth-order valence-corrected chi connectivity index (χ4v) is 2.47. The number of hydrogen-bond acceptors (Lipinski definition) is 4. The molecule has 0 unspecified atom stereocenters. The van der Waals surface area contributed by atoms with Crippen molar-refractivity contribution in [3.05, 3.63) is 35.9 Å². The smallest absolute Gasteiger partial charge is 0.542 e. The minimum absolute atomic E-state index is 0. The van der Waals surface area contributed by atoms with Crippen molar-refractivity contribution in [2.75, 3.05) is 0 Å². The number of halogens is 3. The number of alkyl halides is 3. The van der Waals surface area contributed by atoms with Gasteiger partial charge in [-0.25, -0.2) is 0 Å². The maximum absolute atomic E-state index is 11.1. The number of aliphatic carboxylic acids is 2. The van der Waals surface area contributed by atoms with E-state index in [1.54, 1.807) is 0 Å². The number of benzene rings is 1. The summed E-state index contributed by atoms with van der Waals surface area (Å²) >= 11 is 0. The largest absolute Gasteiger partial charge is 1.00 e. The van der Waals surface area contributed by atoms with Gasteiger partial charge in [0.25, 0.3) is 0 Å². The summed E-state index contributed by atoms with van der Waals surface area (Å²) in [5, 5.41) is 17.9. The predicted octanol–water partition coefficient (Wildman–Crippen LogP) is -2.18. The van der Waals surface area contributed by atoms with Crippen molar-refractivity contribution < 1.29 is 62.5 Å². The van der Waals surface area contributed by atoms with Crippen molar-refractivity contribution in [3.63, 3.8) is 0 Å². The summed E-state index contributed by atoms with van der Waals surface area (Å²) in [5.41, 5.74) is 5.52. The number of hydrogen-bond donors (Lipinski definition) is 2. The summed E-state index contributed by atoms with van der Waals surface area (Å²) in [4.78, 5) is 19.9. The summed E-state index contributed by atoms with van der Waals surface area (Å²) in [6, 6.07) is 9.69. The average Bonchev–Trinajstić information content (AvgIpc) is 3.08. The molecule has 0 radical (unpaired) electrons. The number of carbonyl (C=O) groups is 2. The summed E-state index contributed by atoms with van der Waals surface area (Å²) in [6.45, 7) is 1.99. The van der Waals surface area contributed by atoms with E-state index in [4.69, 9.17) is 20.7 Å². The molecule has 0 saturated heterocycles. The van der Waals surface area contributed by atoms with Crippen LogP contribution in [0, 0.1) is 0 Å². The zero-order valence-corrected chi connectivity index (χ0v) is 14.7. The first-order valence-electron chi connectivity index (χ1n) is 6.37. The number of carboxylic acid groups (broad SMARTS) is 2. The van der Waals surface area contributed by atoms with Crippen LogP contribution in [0.25, 0.3) is 0 Å². The molecule has 5 nitrogen and oxygen atoms in total. The topological polar surface area (TPSA) is 103 Å². The molecule has 0 spiro atoms. The molecule has 1 saturated carbocycles. The van der Waals surface area contributed by atoms with E-state index < -0.39 is 23.7 Å². The van der Waals surface area contributed by atoms with Gasteiger partial charge in [0.15, 0.2) is 0 Å². The van der Waals surface area contributed by atoms with Crippen LogP contribution in [0.3, 0.4) is 0 Å². The molecular formula is C14H15F3NNaO4.